The first-order valence-electron chi connectivity index (χ1n) is 8.65. The maximum atomic E-state index is 12.6. The van der Waals surface area contributed by atoms with Crippen LogP contribution in [0.3, 0.4) is 0 Å². The summed E-state index contributed by atoms with van der Waals surface area (Å²) in [6.07, 6.45) is 2.59. The topological polar surface area (TPSA) is 64.9 Å². The van der Waals surface area contributed by atoms with Crippen LogP contribution in [0.2, 0.25) is 0 Å². The second-order valence-electron chi connectivity index (χ2n) is 5.97. The number of pyridine rings is 1. The van der Waals surface area contributed by atoms with Crippen LogP contribution in [0.25, 0.3) is 5.65 Å². The van der Waals surface area contributed by atoms with Crippen LogP contribution in [0.5, 0.6) is 11.5 Å². The monoisotopic (exact) mass is 353 g/mol. The van der Waals surface area contributed by atoms with Gasteiger partial charge in [0.25, 0.3) is 5.91 Å². The number of rotatable bonds is 7. The maximum absolute atomic E-state index is 12.6. The van der Waals surface area contributed by atoms with Crippen molar-refractivity contribution in [1.29, 1.82) is 0 Å². The van der Waals surface area contributed by atoms with E-state index in [1.165, 1.54) is 0 Å². The molecule has 2 aromatic heterocycles. The third-order valence-corrected chi connectivity index (χ3v) is 4.12. The van der Waals surface area contributed by atoms with Crippen molar-refractivity contribution in [2.75, 3.05) is 20.3 Å². The molecule has 0 spiro atoms. The second-order valence-corrected chi connectivity index (χ2v) is 5.97. The summed E-state index contributed by atoms with van der Waals surface area (Å²) in [5.41, 5.74) is 3.29. The average Bonchev–Trinajstić information content (AvgIpc) is 3.03. The molecular weight excluding hydrogens is 330 g/mol. The lowest BCUT2D eigenvalue weighted by Gasteiger charge is -2.09. The average molecular weight is 353 g/mol. The van der Waals surface area contributed by atoms with E-state index in [4.69, 9.17) is 9.47 Å². The number of benzene rings is 1. The summed E-state index contributed by atoms with van der Waals surface area (Å²) in [6.45, 7) is 4.80. The van der Waals surface area contributed by atoms with Crippen molar-refractivity contribution in [2.45, 2.75) is 20.3 Å². The van der Waals surface area contributed by atoms with E-state index in [9.17, 15) is 4.79 Å². The Morgan fingerprint density at radius 2 is 1.92 bits per heavy atom. The summed E-state index contributed by atoms with van der Waals surface area (Å²) in [4.78, 5) is 17.2. The molecule has 0 aliphatic heterocycles. The summed E-state index contributed by atoms with van der Waals surface area (Å²) in [5, 5.41) is 2.91. The SMILES string of the molecule is CCc1nc2cc(C)ccn2c1C(=O)NCCOc1ccc(OC)cc1. The van der Waals surface area contributed by atoms with Gasteiger partial charge in [-0.15, -0.1) is 0 Å². The fraction of sp³-hybridized carbons (Fsp3) is 0.300. The number of nitrogens with one attached hydrogen (secondary N) is 1. The Morgan fingerprint density at radius 1 is 1.19 bits per heavy atom. The number of fused-ring (bicyclic) bond motifs is 1. The largest absolute Gasteiger partial charge is 0.497 e. The molecule has 26 heavy (non-hydrogen) atoms. The molecule has 0 radical (unpaired) electrons. The van der Waals surface area contributed by atoms with Crippen LogP contribution in [0.4, 0.5) is 0 Å². The Bertz CT molecular complexity index is 901. The number of aryl methyl sites for hydroxylation is 2. The Hall–Kier alpha value is -3.02. The molecule has 0 fully saturated rings. The van der Waals surface area contributed by atoms with Gasteiger partial charge in [0, 0.05) is 6.20 Å². The lowest BCUT2D eigenvalue weighted by molar-refractivity contribution is 0.0940. The van der Waals surface area contributed by atoms with Gasteiger partial charge < -0.3 is 14.8 Å². The Morgan fingerprint density at radius 3 is 2.62 bits per heavy atom. The minimum Gasteiger partial charge on any atom is -0.497 e. The van der Waals surface area contributed by atoms with E-state index in [1.807, 2.05) is 60.8 Å². The third kappa shape index (κ3) is 3.79. The molecular formula is C20H23N3O3. The number of hydrogen-bond donors (Lipinski definition) is 1. The number of carbonyl (C=O) groups excluding carboxylic acids is 1. The van der Waals surface area contributed by atoms with E-state index >= 15 is 0 Å². The third-order valence-electron chi connectivity index (χ3n) is 4.12. The molecule has 6 nitrogen and oxygen atoms in total. The minimum absolute atomic E-state index is 0.142. The summed E-state index contributed by atoms with van der Waals surface area (Å²) < 4.78 is 12.6. The van der Waals surface area contributed by atoms with Crippen LogP contribution in [-0.2, 0) is 6.42 Å². The first kappa shape index (κ1) is 17.8. The highest BCUT2D eigenvalue weighted by Crippen LogP contribution is 2.17. The number of nitrogens with zero attached hydrogens (tertiary/aromatic N) is 2. The van der Waals surface area contributed by atoms with Gasteiger partial charge in [0.1, 0.15) is 29.4 Å². The normalized spacial score (nSPS) is 10.7. The molecule has 3 rings (SSSR count). The zero-order valence-electron chi connectivity index (χ0n) is 15.3. The fourth-order valence-corrected chi connectivity index (χ4v) is 2.77. The van der Waals surface area contributed by atoms with Crippen molar-refractivity contribution in [2.24, 2.45) is 0 Å². The summed E-state index contributed by atoms with van der Waals surface area (Å²) >= 11 is 0. The number of amides is 1. The molecule has 6 heteroatoms. The van der Waals surface area contributed by atoms with Crippen molar-refractivity contribution in [3.8, 4) is 11.5 Å². The van der Waals surface area contributed by atoms with Gasteiger partial charge in [-0.2, -0.15) is 0 Å². The number of carbonyl (C=O) groups is 1. The van der Waals surface area contributed by atoms with Gasteiger partial charge in [-0.25, -0.2) is 4.98 Å². The van der Waals surface area contributed by atoms with Crippen LogP contribution in [0, 0.1) is 6.92 Å². The van der Waals surface area contributed by atoms with Crippen LogP contribution in [0.15, 0.2) is 42.6 Å². The predicted octanol–water partition coefficient (Wildman–Crippen LogP) is 3.02. The number of methoxy groups -OCH3 is 1. The van der Waals surface area contributed by atoms with Gasteiger partial charge in [0.15, 0.2) is 0 Å². The van der Waals surface area contributed by atoms with Crippen LogP contribution >= 0.6 is 0 Å². The standard InChI is InChI=1S/C20H23N3O3/c1-4-17-19(23-11-9-14(2)13-18(23)22-17)20(24)21-10-12-26-16-7-5-15(25-3)6-8-16/h5-9,11,13H,4,10,12H2,1-3H3,(H,21,24). The Balaban J connectivity index is 1.62. The molecule has 0 aliphatic carbocycles. The maximum Gasteiger partial charge on any atom is 0.270 e. The number of hydrogen-bond acceptors (Lipinski definition) is 4. The highest BCUT2D eigenvalue weighted by Gasteiger charge is 2.17. The molecule has 0 saturated heterocycles. The zero-order chi connectivity index (χ0) is 18.5. The lowest BCUT2D eigenvalue weighted by atomic mass is 10.2. The highest BCUT2D eigenvalue weighted by molar-refractivity contribution is 5.94. The van der Waals surface area contributed by atoms with Gasteiger partial charge in [0.2, 0.25) is 0 Å². The van der Waals surface area contributed by atoms with E-state index in [-0.39, 0.29) is 5.91 Å². The zero-order valence-corrected chi connectivity index (χ0v) is 15.3. The molecule has 0 bridgehead atoms. The molecule has 3 aromatic rings. The van der Waals surface area contributed by atoms with E-state index in [2.05, 4.69) is 10.3 Å². The minimum atomic E-state index is -0.142. The summed E-state index contributed by atoms with van der Waals surface area (Å²) in [6, 6.07) is 11.3. The van der Waals surface area contributed by atoms with Crippen LogP contribution in [0.1, 0.15) is 28.7 Å². The molecule has 1 aromatic carbocycles. The number of aromatic nitrogens is 2. The Kier molecular flexibility index (Phi) is 5.41. The molecule has 0 aliphatic rings. The van der Waals surface area contributed by atoms with Crippen molar-refractivity contribution < 1.29 is 14.3 Å². The molecule has 0 saturated carbocycles. The van der Waals surface area contributed by atoms with E-state index < -0.39 is 0 Å². The van der Waals surface area contributed by atoms with E-state index in [0.29, 0.717) is 25.3 Å². The Labute approximate surface area is 152 Å². The van der Waals surface area contributed by atoms with Gasteiger partial charge in [-0.3, -0.25) is 9.20 Å². The highest BCUT2D eigenvalue weighted by atomic mass is 16.5. The van der Waals surface area contributed by atoms with Gasteiger partial charge in [-0.1, -0.05) is 6.92 Å². The molecule has 0 atom stereocenters. The van der Waals surface area contributed by atoms with Gasteiger partial charge in [0.05, 0.1) is 19.3 Å². The van der Waals surface area contributed by atoms with Gasteiger partial charge >= 0.3 is 0 Å². The molecule has 0 unspecified atom stereocenters. The van der Waals surface area contributed by atoms with Crippen molar-refractivity contribution in [3.63, 3.8) is 0 Å². The van der Waals surface area contributed by atoms with Crippen molar-refractivity contribution in [3.05, 3.63) is 59.5 Å². The predicted molar refractivity (Wildman–Crippen MR) is 100 cm³/mol. The van der Waals surface area contributed by atoms with E-state index in [1.54, 1.807) is 7.11 Å². The summed E-state index contributed by atoms with van der Waals surface area (Å²) in [5.74, 6) is 1.37. The molecule has 1 N–H and O–H groups in total. The van der Waals surface area contributed by atoms with E-state index in [0.717, 1.165) is 28.4 Å². The quantitative estimate of drug-likeness (QED) is 0.663. The smallest absolute Gasteiger partial charge is 0.270 e. The fourth-order valence-electron chi connectivity index (χ4n) is 2.77. The molecule has 2 heterocycles. The molecule has 136 valence electrons. The first-order valence-corrected chi connectivity index (χ1v) is 8.65. The van der Waals surface area contributed by atoms with Crippen LogP contribution < -0.4 is 14.8 Å². The second kappa shape index (κ2) is 7.91. The van der Waals surface area contributed by atoms with Crippen molar-refractivity contribution >= 4 is 11.6 Å². The lowest BCUT2D eigenvalue weighted by Crippen LogP contribution is -2.29. The summed E-state index contributed by atoms with van der Waals surface area (Å²) in [7, 11) is 1.62. The number of imidazole rings is 1. The first-order chi connectivity index (χ1) is 12.6. The molecule has 1 amide bonds. The van der Waals surface area contributed by atoms with Gasteiger partial charge in [-0.05, 0) is 55.3 Å². The number of ether oxygens (including phenoxy) is 2. The van der Waals surface area contributed by atoms with Crippen molar-refractivity contribution in [1.82, 2.24) is 14.7 Å². The van der Waals surface area contributed by atoms with Crippen LogP contribution in [-0.4, -0.2) is 35.6 Å².